The standard InChI is InChI=1S/C6H16O2P2/c7-9-5-3-1-2-4-6-10-8/h1-6,9-10H2. The van der Waals surface area contributed by atoms with Crippen molar-refractivity contribution in [1.29, 1.82) is 0 Å². The van der Waals surface area contributed by atoms with E-state index in [2.05, 4.69) is 0 Å². The molecule has 0 bridgehead atoms. The second-order valence-corrected chi connectivity index (χ2v) is 4.15. The molecule has 0 saturated heterocycles. The summed E-state index contributed by atoms with van der Waals surface area (Å²) in [5, 5.41) is 0. The molecule has 0 aromatic carbocycles. The normalized spacial score (nSPS) is 12.4. The summed E-state index contributed by atoms with van der Waals surface area (Å²) in [6.07, 6.45) is 6.29. The molecule has 0 aromatic heterocycles. The molecule has 10 heavy (non-hydrogen) atoms. The number of rotatable bonds is 7. The molecule has 0 aliphatic heterocycles. The molecule has 0 amide bonds. The van der Waals surface area contributed by atoms with E-state index in [4.69, 9.17) is 0 Å². The molecule has 0 aromatic rings. The van der Waals surface area contributed by atoms with Crippen molar-refractivity contribution in [2.24, 2.45) is 0 Å². The molecule has 0 radical (unpaired) electrons. The predicted molar refractivity (Wildman–Crippen MR) is 49.0 cm³/mol. The minimum absolute atomic E-state index is 0.534. The number of hydrogen-bond acceptors (Lipinski definition) is 2. The first-order valence-electron chi connectivity index (χ1n) is 3.79. The average Bonchev–Trinajstić information content (AvgIpc) is 1.97. The summed E-state index contributed by atoms with van der Waals surface area (Å²) in [7, 11) is -1.07. The highest BCUT2D eigenvalue weighted by Gasteiger charge is 1.87. The van der Waals surface area contributed by atoms with Crippen LogP contribution in [0.3, 0.4) is 0 Å². The minimum atomic E-state index is -0.534. The van der Waals surface area contributed by atoms with Crippen LogP contribution < -0.4 is 0 Å². The van der Waals surface area contributed by atoms with Gasteiger partial charge in [0.05, 0.1) is 16.9 Å². The van der Waals surface area contributed by atoms with Gasteiger partial charge in [-0.05, 0) is 25.2 Å². The second-order valence-electron chi connectivity index (χ2n) is 2.32. The lowest BCUT2D eigenvalue weighted by Gasteiger charge is -1.93. The quantitative estimate of drug-likeness (QED) is 0.446. The van der Waals surface area contributed by atoms with Gasteiger partial charge in [0, 0.05) is 0 Å². The summed E-state index contributed by atoms with van der Waals surface area (Å²) in [5.41, 5.74) is 0. The topological polar surface area (TPSA) is 34.1 Å². The van der Waals surface area contributed by atoms with Crippen molar-refractivity contribution in [3.8, 4) is 0 Å². The molecule has 0 aliphatic rings. The molecule has 0 aliphatic carbocycles. The van der Waals surface area contributed by atoms with Crippen LogP contribution in [-0.4, -0.2) is 12.3 Å². The van der Waals surface area contributed by atoms with Crippen molar-refractivity contribution < 1.29 is 9.13 Å². The van der Waals surface area contributed by atoms with E-state index in [-0.39, 0.29) is 0 Å². The summed E-state index contributed by atoms with van der Waals surface area (Å²) >= 11 is 0. The summed E-state index contributed by atoms with van der Waals surface area (Å²) in [4.78, 5) is 0. The monoisotopic (exact) mass is 182 g/mol. The molecular formula is C6H16O2P2. The SMILES string of the molecule is O=[PH2]CCCCCC[PH2]=O. The van der Waals surface area contributed by atoms with Gasteiger partial charge >= 0.3 is 0 Å². The number of hydrogen-bond donors (Lipinski definition) is 0. The van der Waals surface area contributed by atoms with Gasteiger partial charge in [-0.15, -0.1) is 0 Å². The second kappa shape index (κ2) is 9.46. The molecule has 2 unspecified atom stereocenters. The van der Waals surface area contributed by atoms with E-state index in [1.54, 1.807) is 0 Å². The third kappa shape index (κ3) is 8.46. The van der Waals surface area contributed by atoms with Crippen LogP contribution in [0, 0.1) is 0 Å². The molecule has 0 fully saturated rings. The van der Waals surface area contributed by atoms with E-state index in [1.807, 2.05) is 0 Å². The van der Waals surface area contributed by atoms with Gasteiger partial charge in [0.25, 0.3) is 0 Å². The molecule has 4 heteroatoms. The van der Waals surface area contributed by atoms with Crippen LogP contribution >= 0.6 is 16.9 Å². The Morgan fingerprint density at radius 3 is 1.40 bits per heavy atom. The Morgan fingerprint density at radius 1 is 0.700 bits per heavy atom. The third-order valence-electron chi connectivity index (χ3n) is 1.39. The summed E-state index contributed by atoms with van der Waals surface area (Å²) in [6, 6.07) is 0. The Balaban J connectivity index is 2.76. The van der Waals surface area contributed by atoms with Gasteiger partial charge in [-0.3, -0.25) is 0 Å². The highest BCUT2D eigenvalue weighted by molar-refractivity contribution is 7.23. The average molecular weight is 182 g/mol. The van der Waals surface area contributed by atoms with Crippen molar-refractivity contribution in [2.45, 2.75) is 25.7 Å². The first-order valence-corrected chi connectivity index (χ1v) is 6.36. The highest BCUT2D eigenvalue weighted by Crippen LogP contribution is 2.06. The molecule has 0 N–H and O–H groups in total. The maximum Gasteiger partial charge on any atom is 0.0645 e. The first kappa shape index (κ1) is 10.5. The lowest BCUT2D eigenvalue weighted by atomic mass is 10.2. The zero-order valence-corrected chi connectivity index (χ0v) is 8.52. The van der Waals surface area contributed by atoms with Gasteiger partial charge in [0.15, 0.2) is 0 Å². The lowest BCUT2D eigenvalue weighted by Crippen LogP contribution is -1.79. The molecule has 62 valence electrons. The zero-order chi connectivity index (χ0) is 7.66. The maximum absolute atomic E-state index is 10.1. The van der Waals surface area contributed by atoms with Crippen LogP contribution in [0.4, 0.5) is 0 Å². The Labute approximate surface area is 64.8 Å². The van der Waals surface area contributed by atoms with Gasteiger partial charge in [0.2, 0.25) is 0 Å². The molecule has 0 rings (SSSR count). The van der Waals surface area contributed by atoms with E-state index < -0.39 is 16.9 Å². The summed E-state index contributed by atoms with van der Waals surface area (Å²) < 4.78 is 20.1. The van der Waals surface area contributed by atoms with Crippen LogP contribution in [0.5, 0.6) is 0 Å². The van der Waals surface area contributed by atoms with Gasteiger partial charge in [-0.1, -0.05) is 12.8 Å². The molecule has 0 saturated carbocycles. The zero-order valence-electron chi connectivity index (χ0n) is 6.21. The van der Waals surface area contributed by atoms with Crippen molar-refractivity contribution >= 4 is 16.9 Å². The Hall–Kier alpha value is 0.460. The number of unbranched alkanes of at least 4 members (excludes halogenated alkanes) is 3. The van der Waals surface area contributed by atoms with Gasteiger partial charge in [-0.25, -0.2) is 0 Å². The van der Waals surface area contributed by atoms with Crippen molar-refractivity contribution in [3.63, 3.8) is 0 Å². The van der Waals surface area contributed by atoms with E-state index in [0.717, 1.165) is 38.0 Å². The Morgan fingerprint density at radius 2 is 1.10 bits per heavy atom. The third-order valence-corrected chi connectivity index (χ3v) is 2.68. The van der Waals surface area contributed by atoms with E-state index in [0.29, 0.717) is 0 Å². The molecule has 2 atom stereocenters. The van der Waals surface area contributed by atoms with E-state index in [9.17, 15) is 9.13 Å². The van der Waals surface area contributed by atoms with E-state index >= 15 is 0 Å². The summed E-state index contributed by atoms with van der Waals surface area (Å²) in [6.45, 7) is 0. The first-order chi connectivity index (χ1) is 4.91. The molecule has 0 heterocycles. The largest absolute Gasteiger partial charge is 0.330 e. The Bertz CT molecular complexity index is 83.7. The van der Waals surface area contributed by atoms with Gasteiger partial charge < -0.3 is 9.13 Å². The van der Waals surface area contributed by atoms with Crippen LogP contribution in [0.15, 0.2) is 0 Å². The fourth-order valence-corrected chi connectivity index (χ4v) is 1.72. The smallest absolute Gasteiger partial charge is 0.0645 e. The van der Waals surface area contributed by atoms with Crippen LogP contribution in [0.2, 0.25) is 0 Å². The fraction of sp³-hybridized carbons (Fsp3) is 1.00. The Kier molecular flexibility index (Phi) is 9.90. The van der Waals surface area contributed by atoms with Crippen LogP contribution in [0.1, 0.15) is 25.7 Å². The van der Waals surface area contributed by atoms with Crippen molar-refractivity contribution in [3.05, 3.63) is 0 Å². The van der Waals surface area contributed by atoms with Crippen LogP contribution in [-0.2, 0) is 9.13 Å². The summed E-state index contributed by atoms with van der Waals surface area (Å²) in [5.74, 6) is 0. The minimum Gasteiger partial charge on any atom is -0.330 e. The van der Waals surface area contributed by atoms with Crippen molar-refractivity contribution in [1.82, 2.24) is 0 Å². The van der Waals surface area contributed by atoms with Gasteiger partial charge in [-0.2, -0.15) is 0 Å². The lowest BCUT2D eigenvalue weighted by molar-refractivity contribution is 0.591. The predicted octanol–water partition coefficient (Wildman–Crippen LogP) is 2.06. The van der Waals surface area contributed by atoms with E-state index in [1.165, 1.54) is 0 Å². The maximum atomic E-state index is 10.1. The van der Waals surface area contributed by atoms with Crippen molar-refractivity contribution in [2.75, 3.05) is 12.3 Å². The molecular weight excluding hydrogens is 166 g/mol. The van der Waals surface area contributed by atoms with Crippen LogP contribution in [0.25, 0.3) is 0 Å². The fourth-order valence-electron chi connectivity index (χ4n) is 0.809. The van der Waals surface area contributed by atoms with Gasteiger partial charge in [0.1, 0.15) is 0 Å². The molecule has 0 spiro atoms. The highest BCUT2D eigenvalue weighted by atomic mass is 31.1. The molecule has 2 nitrogen and oxygen atoms in total.